The van der Waals surface area contributed by atoms with Crippen LogP contribution in [0.3, 0.4) is 0 Å². The molecule has 4 nitrogen and oxygen atoms in total. The molecule has 1 saturated carbocycles. The van der Waals surface area contributed by atoms with Gasteiger partial charge < -0.3 is 10.0 Å². The number of aliphatic carboxylic acids is 1. The monoisotopic (exact) mass is 215 g/mol. The lowest BCUT2D eigenvalue weighted by Crippen LogP contribution is -2.43. The molecule has 2 aliphatic rings. The second-order valence-electron chi connectivity index (χ2n) is 4.02. The number of hydrogen-bond acceptors (Lipinski definition) is 3. The van der Waals surface area contributed by atoms with E-state index in [0.29, 0.717) is 13.0 Å². The Morgan fingerprint density at radius 2 is 2.21 bits per heavy atom. The Labute approximate surface area is 87.7 Å². The van der Waals surface area contributed by atoms with Crippen molar-refractivity contribution in [2.24, 2.45) is 5.92 Å². The van der Waals surface area contributed by atoms with Crippen molar-refractivity contribution in [2.75, 3.05) is 6.54 Å². The van der Waals surface area contributed by atoms with Crippen LogP contribution in [0.15, 0.2) is 0 Å². The Morgan fingerprint density at radius 3 is 2.57 bits per heavy atom. The molecule has 0 bridgehead atoms. The summed E-state index contributed by atoms with van der Waals surface area (Å²) in [5.41, 5.74) is 0. The molecule has 0 aromatic rings. The van der Waals surface area contributed by atoms with E-state index in [0.717, 1.165) is 12.8 Å². The first-order valence-electron chi connectivity index (χ1n) is 4.80. The highest BCUT2D eigenvalue weighted by molar-refractivity contribution is 7.81. The van der Waals surface area contributed by atoms with Gasteiger partial charge in [0.1, 0.15) is 6.04 Å². The summed E-state index contributed by atoms with van der Waals surface area (Å²) in [5, 5.41) is 9.03. The van der Waals surface area contributed by atoms with E-state index in [1.807, 2.05) is 0 Å². The molecule has 1 saturated heterocycles. The predicted octanol–water partition coefficient (Wildman–Crippen LogP) is 0.380. The first kappa shape index (κ1) is 9.83. The van der Waals surface area contributed by atoms with Crippen molar-refractivity contribution in [1.29, 1.82) is 0 Å². The number of rotatable bonds is 3. The molecule has 1 aliphatic carbocycles. The van der Waals surface area contributed by atoms with Gasteiger partial charge in [0, 0.05) is 18.2 Å². The third-order valence-corrected chi connectivity index (χ3v) is 3.14. The number of likely N-dealkylation sites (tertiary alicyclic amines) is 1. The normalized spacial score (nSPS) is 29.4. The van der Waals surface area contributed by atoms with E-state index in [1.165, 1.54) is 4.90 Å². The SMILES string of the molecule is O=C(O)C(C1CC1)N1CC(S)CC1=O. The summed E-state index contributed by atoms with van der Waals surface area (Å²) in [5.74, 6) is -0.761. The third kappa shape index (κ3) is 1.73. The minimum absolute atomic E-state index is 0.00287. The number of amides is 1. The number of nitrogens with zero attached hydrogens (tertiary/aromatic N) is 1. The number of carbonyl (C=O) groups is 2. The van der Waals surface area contributed by atoms with Gasteiger partial charge in [-0.3, -0.25) is 4.79 Å². The van der Waals surface area contributed by atoms with Gasteiger partial charge in [-0.05, 0) is 18.8 Å². The average molecular weight is 215 g/mol. The fraction of sp³-hybridized carbons (Fsp3) is 0.778. The second kappa shape index (κ2) is 3.46. The zero-order valence-corrected chi connectivity index (χ0v) is 8.61. The molecule has 2 atom stereocenters. The summed E-state index contributed by atoms with van der Waals surface area (Å²) in [6, 6.07) is -0.598. The van der Waals surface area contributed by atoms with Gasteiger partial charge in [0.25, 0.3) is 0 Å². The van der Waals surface area contributed by atoms with Crippen LogP contribution in [0.4, 0.5) is 0 Å². The molecule has 0 aromatic carbocycles. The van der Waals surface area contributed by atoms with Gasteiger partial charge in [0.05, 0.1) is 0 Å². The fourth-order valence-electron chi connectivity index (χ4n) is 1.98. The standard InChI is InChI=1S/C9H13NO3S/c11-7-3-6(14)4-10(7)8(9(12)13)5-1-2-5/h5-6,8,14H,1-4H2,(H,12,13). The molecule has 2 rings (SSSR count). The maximum absolute atomic E-state index is 11.5. The smallest absolute Gasteiger partial charge is 0.326 e. The molecule has 0 spiro atoms. The Morgan fingerprint density at radius 1 is 1.57 bits per heavy atom. The number of carboxylic acids is 1. The summed E-state index contributed by atoms with van der Waals surface area (Å²) in [6.07, 6.45) is 2.23. The summed E-state index contributed by atoms with van der Waals surface area (Å²) in [7, 11) is 0. The molecule has 2 fully saturated rings. The average Bonchev–Trinajstić information content (AvgIpc) is 2.81. The molecule has 0 aromatic heterocycles. The zero-order chi connectivity index (χ0) is 10.3. The van der Waals surface area contributed by atoms with Gasteiger partial charge in [-0.15, -0.1) is 0 Å². The lowest BCUT2D eigenvalue weighted by molar-refractivity contribution is -0.149. The van der Waals surface area contributed by atoms with Crippen LogP contribution >= 0.6 is 12.6 Å². The molecule has 5 heteroatoms. The van der Waals surface area contributed by atoms with Crippen molar-refractivity contribution in [3.63, 3.8) is 0 Å². The van der Waals surface area contributed by atoms with Gasteiger partial charge in [-0.2, -0.15) is 12.6 Å². The highest BCUT2D eigenvalue weighted by atomic mass is 32.1. The molecule has 78 valence electrons. The van der Waals surface area contributed by atoms with E-state index in [-0.39, 0.29) is 17.1 Å². The Balaban J connectivity index is 2.10. The molecular weight excluding hydrogens is 202 g/mol. The van der Waals surface area contributed by atoms with Crippen molar-refractivity contribution in [1.82, 2.24) is 4.90 Å². The zero-order valence-electron chi connectivity index (χ0n) is 7.72. The molecule has 1 amide bonds. The van der Waals surface area contributed by atoms with Crippen LogP contribution in [-0.4, -0.2) is 39.7 Å². The lowest BCUT2D eigenvalue weighted by atomic mass is 10.1. The number of thiol groups is 1. The summed E-state index contributed by atoms with van der Waals surface area (Å²) >= 11 is 4.21. The van der Waals surface area contributed by atoms with Crippen LogP contribution in [0.1, 0.15) is 19.3 Å². The number of carbonyl (C=O) groups excluding carboxylic acids is 1. The van der Waals surface area contributed by atoms with E-state index >= 15 is 0 Å². The molecule has 1 aliphatic heterocycles. The van der Waals surface area contributed by atoms with Crippen LogP contribution in [-0.2, 0) is 9.59 Å². The van der Waals surface area contributed by atoms with E-state index in [2.05, 4.69) is 12.6 Å². The van der Waals surface area contributed by atoms with Crippen LogP contribution in [0, 0.1) is 5.92 Å². The Kier molecular flexibility index (Phi) is 2.43. The maximum Gasteiger partial charge on any atom is 0.326 e. The summed E-state index contributed by atoms with van der Waals surface area (Å²) in [6.45, 7) is 0.482. The molecule has 1 heterocycles. The second-order valence-corrected chi connectivity index (χ2v) is 4.75. The van der Waals surface area contributed by atoms with Crippen molar-refractivity contribution in [3.05, 3.63) is 0 Å². The van der Waals surface area contributed by atoms with Gasteiger partial charge in [0.15, 0.2) is 0 Å². The lowest BCUT2D eigenvalue weighted by Gasteiger charge is -2.24. The molecular formula is C9H13NO3S. The topological polar surface area (TPSA) is 57.6 Å². The summed E-state index contributed by atoms with van der Waals surface area (Å²) in [4.78, 5) is 24.0. The first-order valence-corrected chi connectivity index (χ1v) is 5.31. The Bertz CT molecular complexity index is 277. The van der Waals surface area contributed by atoms with Crippen LogP contribution in [0.25, 0.3) is 0 Å². The largest absolute Gasteiger partial charge is 0.480 e. The Hall–Kier alpha value is -0.710. The van der Waals surface area contributed by atoms with Crippen molar-refractivity contribution < 1.29 is 14.7 Å². The van der Waals surface area contributed by atoms with E-state index in [1.54, 1.807) is 0 Å². The van der Waals surface area contributed by atoms with E-state index in [9.17, 15) is 9.59 Å². The molecule has 14 heavy (non-hydrogen) atoms. The van der Waals surface area contributed by atoms with Gasteiger partial charge in [0.2, 0.25) is 5.91 Å². The third-order valence-electron chi connectivity index (χ3n) is 2.80. The molecule has 2 unspecified atom stereocenters. The summed E-state index contributed by atoms with van der Waals surface area (Å²) < 4.78 is 0. The quantitative estimate of drug-likeness (QED) is 0.669. The van der Waals surface area contributed by atoms with Crippen LogP contribution in [0.5, 0.6) is 0 Å². The predicted molar refractivity (Wildman–Crippen MR) is 53.3 cm³/mol. The first-order chi connectivity index (χ1) is 6.59. The van der Waals surface area contributed by atoms with Gasteiger partial charge >= 0.3 is 5.97 Å². The van der Waals surface area contributed by atoms with Gasteiger partial charge in [-0.25, -0.2) is 4.79 Å². The van der Waals surface area contributed by atoms with Crippen molar-refractivity contribution in [2.45, 2.75) is 30.6 Å². The minimum Gasteiger partial charge on any atom is -0.480 e. The van der Waals surface area contributed by atoms with E-state index in [4.69, 9.17) is 5.11 Å². The fourth-order valence-corrected chi connectivity index (χ4v) is 2.31. The van der Waals surface area contributed by atoms with Crippen molar-refractivity contribution in [3.8, 4) is 0 Å². The molecule has 0 radical (unpaired) electrons. The maximum atomic E-state index is 11.5. The highest BCUT2D eigenvalue weighted by Crippen LogP contribution is 2.37. The van der Waals surface area contributed by atoms with E-state index < -0.39 is 12.0 Å². The number of hydrogen-bond donors (Lipinski definition) is 2. The van der Waals surface area contributed by atoms with Crippen LogP contribution < -0.4 is 0 Å². The van der Waals surface area contributed by atoms with Crippen molar-refractivity contribution >= 4 is 24.5 Å². The van der Waals surface area contributed by atoms with Crippen LogP contribution in [0.2, 0.25) is 0 Å². The van der Waals surface area contributed by atoms with Gasteiger partial charge in [-0.1, -0.05) is 0 Å². The minimum atomic E-state index is -0.872. The highest BCUT2D eigenvalue weighted by Gasteiger charge is 2.45. The molecule has 1 N–H and O–H groups in total. The number of carboxylic acid groups (broad SMARTS) is 1.